The highest BCUT2D eigenvalue weighted by molar-refractivity contribution is 6.46. The fourth-order valence-corrected chi connectivity index (χ4v) is 4.71. The highest BCUT2D eigenvalue weighted by Gasteiger charge is 2.46. The third kappa shape index (κ3) is 3.90. The van der Waals surface area contributed by atoms with Crippen LogP contribution in [0.4, 0.5) is 0 Å². The molecule has 35 heavy (non-hydrogen) atoms. The zero-order chi connectivity index (χ0) is 24.7. The highest BCUT2D eigenvalue weighted by Crippen LogP contribution is 2.43. The van der Waals surface area contributed by atoms with E-state index in [0.29, 0.717) is 34.8 Å². The van der Waals surface area contributed by atoms with Crippen LogP contribution in [0.5, 0.6) is 17.2 Å². The Labute approximate surface area is 202 Å². The number of benzene rings is 2. The zero-order valence-corrected chi connectivity index (χ0v) is 19.6. The van der Waals surface area contributed by atoms with E-state index in [2.05, 4.69) is 0 Å². The number of aliphatic hydroxyl groups excluding tert-OH is 1. The van der Waals surface area contributed by atoms with E-state index in [-0.39, 0.29) is 24.0 Å². The van der Waals surface area contributed by atoms with Gasteiger partial charge in [-0.05, 0) is 60.5 Å². The van der Waals surface area contributed by atoms with Crippen molar-refractivity contribution < 1.29 is 33.3 Å². The molecule has 1 fully saturated rings. The van der Waals surface area contributed by atoms with Gasteiger partial charge in [0.2, 0.25) is 0 Å². The lowest BCUT2D eigenvalue weighted by Crippen LogP contribution is -2.29. The quantitative estimate of drug-likeness (QED) is 0.323. The molecule has 0 aliphatic carbocycles. The number of ether oxygens (including phenoxy) is 3. The Morgan fingerprint density at radius 2 is 1.89 bits per heavy atom. The van der Waals surface area contributed by atoms with E-state index in [4.69, 9.17) is 18.6 Å². The molecule has 8 nitrogen and oxygen atoms in total. The Morgan fingerprint density at radius 1 is 1.09 bits per heavy atom. The number of furan rings is 1. The molecule has 3 aromatic rings. The largest absolute Gasteiger partial charge is 0.507 e. The third-order valence-electron chi connectivity index (χ3n) is 6.34. The van der Waals surface area contributed by atoms with Crippen molar-refractivity contribution in [2.45, 2.75) is 32.0 Å². The molecule has 2 aliphatic heterocycles. The number of rotatable bonds is 6. The van der Waals surface area contributed by atoms with Gasteiger partial charge < -0.3 is 28.6 Å². The summed E-state index contributed by atoms with van der Waals surface area (Å²) in [4.78, 5) is 27.9. The van der Waals surface area contributed by atoms with E-state index in [1.54, 1.807) is 48.5 Å². The van der Waals surface area contributed by atoms with Crippen LogP contribution in [0.2, 0.25) is 0 Å². The van der Waals surface area contributed by atoms with E-state index in [1.165, 1.54) is 25.4 Å². The van der Waals surface area contributed by atoms with Crippen LogP contribution in [-0.2, 0) is 22.6 Å². The average molecular weight is 475 g/mol. The van der Waals surface area contributed by atoms with E-state index in [9.17, 15) is 14.7 Å². The van der Waals surface area contributed by atoms with Gasteiger partial charge in [0, 0.05) is 12.0 Å². The summed E-state index contributed by atoms with van der Waals surface area (Å²) in [6.07, 6.45) is 2.24. The summed E-state index contributed by atoms with van der Waals surface area (Å²) < 4.78 is 22.0. The summed E-state index contributed by atoms with van der Waals surface area (Å²) in [6.45, 7) is 2.03. The number of ketones is 1. The number of carbonyl (C=O) groups is 2. The molecular formula is C27H25NO7. The van der Waals surface area contributed by atoms with Crippen molar-refractivity contribution >= 4 is 17.4 Å². The third-order valence-corrected chi connectivity index (χ3v) is 6.34. The van der Waals surface area contributed by atoms with Gasteiger partial charge in [0.25, 0.3) is 11.7 Å². The van der Waals surface area contributed by atoms with Gasteiger partial charge in [0.1, 0.15) is 23.4 Å². The molecule has 2 atom stereocenters. The summed E-state index contributed by atoms with van der Waals surface area (Å²) in [6, 6.07) is 13.0. The molecule has 0 spiro atoms. The van der Waals surface area contributed by atoms with Crippen LogP contribution in [0.1, 0.15) is 35.4 Å². The minimum Gasteiger partial charge on any atom is -0.507 e. The maximum atomic E-state index is 13.3. The molecule has 8 heteroatoms. The molecule has 1 amide bonds. The zero-order valence-electron chi connectivity index (χ0n) is 19.6. The Balaban J connectivity index is 1.65. The monoisotopic (exact) mass is 475 g/mol. The molecule has 2 unspecified atom stereocenters. The van der Waals surface area contributed by atoms with Crippen molar-refractivity contribution in [3.63, 3.8) is 0 Å². The fraction of sp³-hybridized carbons (Fsp3) is 0.259. The van der Waals surface area contributed by atoms with Gasteiger partial charge in [-0.15, -0.1) is 0 Å². The molecule has 1 N–H and O–H groups in total. The lowest BCUT2D eigenvalue weighted by atomic mass is 9.94. The van der Waals surface area contributed by atoms with Crippen LogP contribution >= 0.6 is 0 Å². The molecule has 2 aliphatic rings. The number of fused-ring (bicyclic) bond motifs is 1. The number of likely N-dealkylation sites (tertiary alicyclic amines) is 1. The number of hydrogen-bond donors (Lipinski definition) is 1. The van der Waals surface area contributed by atoms with Gasteiger partial charge in [-0.1, -0.05) is 6.07 Å². The summed E-state index contributed by atoms with van der Waals surface area (Å²) >= 11 is 0. The van der Waals surface area contributed by atoms with Crippen LogP contribution in [0.15, 0.2) is 64.8 Å². The molecule has 1 aromatic heterocycles. The average Bonchev–Trinajstić information content (AvgIpc) is 3.57. The first kappa shape index (κ1) is 22.6. The van der Waals surface area contributed by atoms with Crippen LogP contribution < -0.4 is 14.2 Å². The first-order valence-corrected chi connectivity index (χ1v) is 11.2. The highest BCUT2D eigenvalue weighted by atomic mass is 16.5. The van der Waals surface area contributed by atoms with E-state index >= 15 is 0 Å². The summed E-state index contributed by atoms with van der Waals surface area (Å²) in [5.41, 5.74) is 1.98. The number of methoxy groups -OCH3 is 2. The Morgan fingerprint density at radius 3 is 2.60 bits per heavy atom. The lowest BCUT2D eigenvalue weighted by molar-refractivity contribution is -0.140. The van der Waals surface area contributed by atoms with Crippen LogP contribution in [0, 0.1) is 0 Å². The minimum atomic E-state index is -0.858. The van der Waals surface area contributed by atoms with Crippen molar-refractivity contribution in [2.24, 2.45) is 0 Å². The second-order valence-electron chi connectivity index (χ2n) is 8.58. The molecular weight excluding hydrogens is 450 g/mol. The minimum absolute atomic E-state index is 0.000639. The number of amides is 1. The summed E-state index contributed by atoms with van der Waals surface area (Å²) in [5.74, 6) is 0.487. The van der Waals surface area contributed by atoms with Crippen molar-refractivity contribution in [3.05, 3.63) is 82.8 Å². The maximum Gasteiger partial charge on any atom is 0.296 e. The van der Waals surface area contributed by atoms with Gasteiger partial charge in [-0.25, -0.2) is 0 Å². The molecule has 0 saturated carbocycles. The second-order valence-corrected chi connectivity index (χ2v) is 8.58. The standard InChI is InChI=1S/C27H25NO7/c1-15-11-18-12-17(7-8-20(18)35-15)25(29)23-24(16-6-9-21(32-2)22(13-16)33-3)28(27(31)26(23)30)14-19-5-4-10-34-19/h4-10,12-13,15,24,29H,11,14H2,1-3H3. The Bertz CT molecular complexity index is 1330. The fourth-order valence-electron chi connectivity index (χ4n) is 4.71. The van der Waals surface area contributed by atoms with Crippen molar-refractivity contribution in [1.29, 1.82) is 0 Å². The van der Waals surface area contributed by atoms with Gasteiger partial charge in [0.05, 0.1) is 38.6 Å². The number of aliphatic hydroxyl groups is 1. The van der Waals surface area contributed by atoms with Crippen molar-refractivity contribution in [2.75, 3.05) is 14.2 Å². The number of carbonyl (C=O) groups excluding carboxylic acids is 2. The number of hydrogen-bond acceptors (Lipinski definition) is 7. The molecule has 0 bridgehead atoms. The first-order valence-electron chi connectivity index (χ1n) is 11.2. The molecule has 1 saturated heterocycles. The predicted molar refractivity (Wildman–Crippen MR) is 126 cm³/mol. The van der Waals surface area contributed by atoms with Gasteiger partial charge in [-0.2, -0.15) is 0 Å². The second kappa shape index (κ2) is 8.87. The van der Waals surface area contributed by atoms with Crippen molar-refractivity contribution in [3.8, 4) is 17.2 Å². The van der Waals surface area contributed by atoms with Crippen LogP contribution in [0.3, 0.4) is 0 Å². The van der Waals surface area contributed by atoms with E-state index in [0.717, 1.165) is 11.3 Å². The number of Topliss-reactive ketones (excluding diaryl/α,β-unsaturated/α-hetero) is 1. The smallest absolute Gasteiger partial charge is 0.296 e. The lowest BCUT2D eigenvalue weighted by Gasteiger charge is -2.25. The van der Waals surface area contributed by atoms with Crippen LogP contribution in [0.25, 0.3) is 5.76 Å². The van der Waals surface area contributed by atoms with Gasteiger partial charge in [-0.3, -0.25) is 9.59 Å². The Kier molecular flexibility index (Phi) is 5.72. The predicted octanol–water partition coefficient (Wildman–Crippen LogP) is 4.24. The topological polar surface area (TPSA) is 98.4 Å². The normalized spacial score (nSPS) is 20.6. The SMILES string of the molecule is COc1ccc(C2C(=C(O)c3ccc4c(c3)CC(C)O4)C(=O)C(=O)N2Cc2ccco2)cc1OC. The van der Waals surface area contributed by atoms with Gasteiger partial charge >= 0.3 is 0 Å². The molecule has 5 rings (SSSR count). The van der Waals surface area contributed by atoms with E-state index < -0.39 is 17.7 Å². The van der Waals surface area contributed by atoms with E-state index in [1.807, 2.05) is 6.92 Å². The summed E-state index contributed by atoms with van der Waals surface area (Å²) in [7, 11) is 3.04. The molecule has 3 heterocycles. The maximum absolute atomic E-state index is 13.3. The summed E-state index contributed by atoms with van der Waals surface area (Å²) in [5, 5.41) is 11.4. The van der Waals surface area contributed by atoms with Crippen LogP contribution in [-0.4, -0.2) is 42.0 Å². The molecule has 180 valence electrons. The first-order chi connectivity index (χ1) is 16.9. The van der Waals surface area contributed by atoms with Gasteiger partial charge in [0.15, 0.2) is 11.5 Å². The molecule has 0 radical (unpaired) electrons. The van der Waals surface area contributed by atoms with Crippen molar-refractivity contribution in [1.82, 2.24) is 4.90 Å². The number of nitrogens with zero attached hydrogens (tertiary/aromatic N) is 1. The Hall–Kier alpha value is -4.20. The molecule has 2 aromatic carbocycles.